The first-order valence-electron chi connectivity index (χ1n) is 9.16. The number of halogens is 1. The van der Waals surface area contributed by atoms with Gasteiger partial charge < -0.3 is 4.70 Å². The molecule has 0 unspecified atom stereocenters. The molecule has 3 saturated carbocycles. The van der Waals surface area contributed by atoms with Crippen molar-refractivity contribution in [2.24, 2.45) is 0 Å². The maximum absolute atomic E-state index is 1.59. The Morgan fingerprint density at radius 3 is 0.900 bits per heavy atom. The topological polar surface area (TPSA) is 0 Å². The number of rotatable bonds is 3. The molecule has 0 nitrogen and oxygen atoms in total. The zero-order chi connectivity index (χ0) is 12.9. The van der Waals surface area contributed by atoms with Crippen LogP contribution < -0.4 is 4.70 Å². The van der Waals surface area contributed by atoms with Gasteiger partial charge in [0.1, 0.15) is 15.7 Å². The van der Waals surface area contributed by atoms with Gasteiger partial charge in [-0.25, -0.2) is 0 Å². The Morgan fingerprint density at radius 1 is 0.400 bits per heavy atom. The van der Waals surface area contributed by atoms with E-state index in [1.807, 2.05) is 0 Å². The molecule has 3 rings (SSSR count). The minimum absolute atomic E-state index is 0. The van der Waals surface area contributed by atoms with E-state index in [9.17, 15) is 0 Å². The van der Waals surface area contributed by atoms with Crippen LogP contribution in [0.1, 0.15) is 96.3 Å². The van der Waals surface area contributed by atoms with E-state index >= 15 is 0 Å². The van der Waals surface area contributed by atoms with E-state index in [1.54, 1.807) is 77.0 Å². The Balaban J connectivity index is 0.00000147. The second kappa shape index (κ2) is 8.66. The monoisotopic (exact) mass is 300 g/mol. The molecule has 0 amide bonds. The lowest BCUT2D eigenvalue weighted by Gasteiger charge is -2.36. The molecule has 0 aromatic carbocycles. The third kappa shape index (κ3) is 4.15. The summed E-state index contributed by atoms with van der Waals surface area (Å²) in [5, 5.41) is 3.46. The van der Waals surface area contributed by atoms with Crippen LogP contribution in [-0.4, -0.2) is 15.7 Å². The Hall–Kier alpha value is 0.280. The molecule has 0 radical (unpaired) electrons. The van der Waals surface area contributed by atoms with Crippen LogP contribution in [0.5, 0.6) is 0 Å². The lowest BCUT2D eigenvalue weighted by Crippen LogP contribution is -3.00. The Kier molecular flexibility index (Phi) is 7.21. The fourth-order valence-corrected chi connectivity index (χ4v) is 9.09. The third-order valence-corrected chi connectivity index (χ3v) is 9.53. The molecule has 3 fully saturated rings. The number of hydrogen-bond acceptors (Lipinski definition) is 0. The van der Waals surface area contributed by atoms with Gasteiger partial charge in [-0.05, 0) is 87.9 Å². The quantitative estimate of drug-likeness (QED) is 0.703. The van der Waals surface area contributed by atoms with Crippen molar-refractivity contribution in [2.45, 2.75) is 112 Å². The molecular formula is C18H33FS. The SMILES string of the molecule is C1CCC([S+](C2CCCCC2)C2CCCCC2)CC1.[F-]. The van der Waals surface area contributed by atoms with Crippen LogP contribution in [0.4, 0.5) is 0 Å². The molecule has 3 aliphatic rings. The lowest BCUT2D eigenvalue weighted by atomic mass is 9.99. The maximum Gasteiger partial charge on any atom is 0.118 e. The summed E-state index contributed by atoms with van der Waals surface area (Å²) in [4.78, 5) is 0. The first kappa shape index (κ1) is 16.6. The average Bonchev–Trinajstić information content (AvgIpc) is 2.51. The first-order chi connectivity index (χ1) is 9.45. The van der Waals surface area contributed by atoms with Crippen molar-refractivity contribution in [1.82, 2.24) is 0 Å². The van der Waals surface area contributed by atoms with Gasteiger partial charge in [0, 0.05) is 0 Å². The van der Waals surface area contributed by atoms with Gasteiger partial charge in [0.05, 0.1) is 0 Å². The highest BCUT2D eigenvalue weighted by Gasteiger charge is 2.45. The largest absolute Gasteiger partial charge is 1.00 e. The van der Waals surface area contributed by atoms with Gasteiger partial charge in [-0.15, -0.1) is 0 Å². The molecule has 2 heteroatoms. The molecule has 0 bridgehead atoms. The van der Waals surface area contributed by atoms with Crippen molar-refractivity contribution in [2.75, 3.05) is 0 Å². The zero-order valence-corrected chi connectivity index (χ0v) is 13.9. The summed E-state index contributed by atoms with van der Waals surface area (Å²) in [5.74, 6) is 0. The highest BCUT2D eigenvalue weighted by molar-refractivity contribution is 7.98. The van der Waals surface area contributed by atoms with Crippen LogP contribution in [0, 0.1) is 0 Å². The molecule has 0 saturated heterocycles. The normalized spacial score (nSPS) is 27.4. The predicted octanol–water partition coefficient (Wildman–Crippen LogP) is 2.61. The first-order valence-corrected chi connectivity index (χ1v) is 10.6. The van der Waals surface area contributed by atoms with Crippen molar-refractivity contribution in [1.29, 1.82) is 0 Å². The summed E-state index contributed by atoms with van der Waals surface area (Å²) < 4.78 is 0. The second-order valence-corrected chi connectivity index (χ2v) is 10.0. The molecule has 0 spiro atoms. The predicted molar refractivity (Wildman–Crippen MR) is 88.0 cm³/mol. The van der Waals surface area contributed by atoms with Crippen molar-refractivity contribution in [3.05, 3.63) is 0 Å². The molecular weight excluding hydrogens is 267 g/mol. The smallest absolute Gasteiger partial charge is 0.118 e. The van der Waals surface area contributed by atoms with E-state index in [0.717, 1.165) is 26.6 Å². The standard InChI is InChI=1S/C18H33S.FH/c1-4-10-16(11-5-1)19(17-12-6-2-7-13-17)18-14-8-3-9-15-18;/h16-18H,1-15H2;1H/q+1;/p-1. The average molecular weight is 301 g/mol. The minimum atomic E-state index is 0. The number of hydrogen-bond donors (Lipinski definition) is 0. The molecule has 118 valence electrons. The molecule has 20 heavy (non-hydrogen) atoms. The molecule has 0 aromatic rings. The summed E-state index contributed by atoms with van der Waals surface area (Å²) in [6.45, 7) is 0. The summed E-state index contributed by atoms with van der Waals surface area (Å²) in [5.41, 5.74) is 0. The maximum atomic E-state index is 1.59. The summed E-state index contributed by atoms with van der Waals surface area (Å²) in [6.07, 6.45) is 23.4. The fraction of sp³-hybridized carbons (Fsp3) is 1.00. The van der Waals surface area contributed by atoms with E-state index in [4.69, 9.17) is 0 Å². The summed E-state index contributed by atoms with van der Waals surface area (Å²) in [7, 11) is 0.816. The fourth-order valence-electron chi connectivity index (χ4n) is 4.83. The van der Waals surface area contributed by atoms with Gasteiger partial charge in [-0.1, -0.05) is 19.3 Å². The molecule has 3 aliphatic carbocycles. The third-order valence-electron chi connectivity index (χ3n) is 5.81. The highest BCUT2D eigenvalue weighted by atomic mass is 32.2. The second-order valence-electron chi connectivity index (χ2n) is 7.19. The van der Waals surface area contributed by atoms with Crippen molar-refractivity contribution >= 4 is 10.9 Å². The highest BCUT2D eigenvalue weighted by Crippen LogP contribution is 2.40. The summed E-state index contributed by atoms with van der Waals surface area (Å²) in [6, 6.07) is 0. The lowest BCUT2D eigenvalue weighted by molar-refractivity contribution is -0.00000399. The van der Waals surface area contributed by atoms with Crippen molar-refractivity contribution in [3.8, 4) is 0 Å². The minimum Gasteiger partial charge on any atom is -1.00 e. The molecule has 0 N–H and O–H groups in total. The van der Waals surface area contributed by atoms with Gasteiger partial charge in [0.2, 0.25) is 0 Å². The van der Waals surface area contributed by atoms with Crippen LogP contribution >= 0.6 is 0 Å². The van der Waals surface area contributed by atoms with E-state index < -0.39 is 0 Å². The van der Waals surface area contributed by atoms with Gasteiger partial charge >= 0.3 is 0 Å². The van der Waals surface area contributed by atoms with E-state index in [2.05, 4.69) is 0 Å². The van der Waals surface area contributed by atoms with Crippen LogP contribution in [0.3, 0.4) is 0 Å². The van der Waals surface area contributed by atoms with Crippen molar-refractivity contribution < 1.29 is 4.70 Å². The van der Waals surface area contributed by atoms with Gasteiger partial charge in [0.15, 0.2) is 0 Å². The summed E-state index contributed by atoms with van der Waals surface area (Å²) >= 11 is 0. The Bertz CT molecular complexity index is 207. The van der Waals surface area contributed by atoms with Gasteiger partial charge in [-0.3, -0.25) is 0 Å². The van der Waals surface area contributed by atoms with E-state index in [-0.39, 0.29) is 4.70 Å². The van der Waals surface area contributed by atoms with Crippen LogP contribution in [0.25, 0.3) is 0 Å². The molecule has 0 heterocycles. The van der Waals surface area contributed by atoms with Gasteiger partial charge in [0.25, 0.3) is 0 Å². The van der Waals surface area contributed by atoms with Crippen molar-refractivity contribution in [3.63, 3.8) is 0 Å². The van der Waals surface area contributed by atoms with Crippen LogP contribution in [0.15, 0.2) is 0 Å². The molecule has 0 aromatic heterocycles. The van der Waals surface area contributed by atoms with Crippen LogP contribution in [-0.2, 0) is 10.9 Å². The van der Waals surface area contributed by atoms with Crippen LogP contribution in [0.2, 0.25) is 0 Å². The Labute approximate surface area is 128 Å². The molecule has 0 atom stereocenters. The Morgan fingerprint density at radius 2 is 0.650 bits per heavy atom. The molecule has 0 aliphatic heterocycles. The van der Waals surface area contributed by atoms with Gasteiger partial charge in [-0.2, -0.15) is 0 Å². The van der Waals surface area contributed by atoms with E-state index in [0.29, 0.717) is 0 Å². The van der Waals surface area contributed by atoms with E-state index in [1.165, 1.54) is 19.3 Å². The zero-order valence-electron chi connectivity index (χ0n) is 13.1.